The maximum atomic E-state index is 12.8. The number of hydrogen-bond donors (Lipinski definition) is 2. The number of nitrogens with one attached hydrogen (secondary N) is 1. The lowest BCUT2D eigenvalue weighted by Gasteiger charge is -2.62. The van der Waals surface area contributed by atoms with Crippen LogP contribution in [0.15, 0.2) is 15.5 Å². The van der Waals surface area contributed by atoms with E-state index in [0.29, 0.717) is 21.8 Å². The number of hydrogen-bond acceptors (Lipinski definition) is 4. The van der Waals surface area contributed by atoms with E-state index in [1.54, 1.807) is 6.20 Å². The second-order valence-electron chi connectivity index (χ2n) is 9.33. The van der Waals surface area contributed by atoms with E-state index in [9.17, 15) is 9.59 Å². The highest BCUT2D eigenvalue weighted by molar-refractivity contribution is 9.10. The van der Waals surface area contributed by atoms with Crippen molar-refractivity contribution in [3.8, 4) is 0 Å². The van der Waals surface area contributed by atoms with Crippen LogP contribution < -0.4 is 10.9 Å². The van der Waals surface area contributed by atoms with Crippen molar-refractivity contribution in [2.75, 3.05) is 5.32 Å². The molecule has 2 unspecified atom stereocenters. The van der Waals surface area contributed by atoms with E-state index in [0.717, 1.165) is 36.8 Å². The van der Waals surface area contributed by atoms with Gasteiger partial charge in [-0.1, -0.05) is 20.8 Å². The summed E-state index contributed by atoms with van der Waals surface area (Å²) in [6.07, 6.45) is 5.90. The molecule has 5 rings (SSSR count). The number of rotatable bonds is 5. The summed E-state index contributed by atoms with van der Waals surface area (Å²) in [6.45, 7) is 7.07. The summed E-state index contributed by atoms with van der Waals surface area (Å²) in [6, 6.07) is 0.250. The number of carboxylic acid groups (broad SMARTS) is 1. The van der Waals surface area contributed by atoms with Gasteiger partial charge in [0.15, 0.2) is 0 Å². The Morgan fingerprint density at radius 2 is 2.15 bits per heavy atom. The van der Waals surface area contributed by atoms with E-state index in [1.807, 2.05) is 0 Å². The molecule has 4 aliphatic carbocycles. The standard InChI is InChI=1S/C20H28BrN3O3/c1-10-13-7-12(20(13,2)3)8-14(10)23-15-9-22-24(19(27)18(15)21)16-5-4-11(16)6-17(25)26/h9-14,16,23H,4-8H2,1-3H3,(H,25,26)/t10-,11?,12+,13-,14-,16?/m1/s1. The Labute approximate surface area is 167 Å². The molecular formula is C20H28BrN3O3. The van der Waals surface area contributed by atoms with Crippen LogP contribution in [-0.4, -0.2) is 26.9 Å². The molecule has 2 N–H and O–H groups in total. The molecule has 7 heteroatoms. The minimum atomic E-state index is -0.817. The number of nitrogens with zero attached hydrogens (tertiary/aromatic N) is 2. The lowest BCUT2D eigenvalue weighted by atomic mass is 9.45. The van der Waals surface area contributed by atoms with Crippen LogP contribution in [0.25, 0.3) is 0 Å². The highest BCUT2D eigenvalue weighted by Gasteiger charge is 2.56. The monoisotopic (exact) mass is 437 g/mol. The van der Waals surface area contributed by atoms with Crippen molar-refractivity contribution in [3.05, 3.63) is 21.0 Å². The maximum Gasteiger partial charge on any atom is 0.303 e. The van der Waals surface area contributed by atoms with Crippen LogP contribution in [-0.2, 0) is 4.79 Å². The third-order valence-corrected chi connectivity index (χ3v) is 8.53. The molecular weight excluding hydrogens is 410 g/mol. The summed E-state index contributed by atoms with van der Waals surface area (Å²) in [5.41, 5.74) is 1.01. The van der Waals surface area contributed by atoms with Gasteiger partial charge in [0, 0.05) is 6.04 Å². The molecule has 4 aliphatic rings. The van der Waals surface area contributed by atoms with Crippen molar-refractivity contribution >= 4 is 27.6 Å². The van der Waals surface area contributed by atoms with Crippen LogP contribution in [0.2, 0.25) is 0 Å². The first kappa shape index (κ1) is 19.0. The van der Waals surface area contributed by atoms with E-state index in [1.165, 1.54) is 11.1 Å². The topological polar surface area (TPSA) is 84.2 Å². The van der Waals surface area contributed by atoms with Crippen LogP contribution in [0.4, 0.5) is 5.69 Å². The molecule has 0 radical (unpaired) electrons. The minimum absolute atomic E-state index is 0.00822. The van der Waals surface area contributed by atoms with Crippen molar-refractivity contribution < 1.29 is 9.90 Å². The fraction of sp³-hybridized carbons (Fsp3) is 0.750. The Bertz CT molecular complexity index is 821. The second kappa shape index (κ2) is 6.61. The molecule has 4 fully saturated rings. The molecule has 27 heavy (non-hydrogen) atoms. The van der Waals surface area contributed by atoms with Gasteiger partial charge in [-0.15, -0.1) is 0 Å². The van der Waals surface area contributed by atoms with Crippen LogP contribution in [0.3, 0.4) is 0 Å². The highest BCUT2D eigenvalue weighted by Crippen LogP contribution is 2.61. The molecule has 0 amide bonds. The van der Waals surface area contributed by atoms with E-state index < -0.39 is 5.97 Å². The summed E-state index contributed by atoms with van der Waals surface area (Å²) in [7, 11) is 0. The van der Waals surface area contributed by atoms with E-state index in [-0.39, 0.29) is 23.9 Å². The zero-order valence-corrected chi connectivity index (χ0v) is 17.7. The van der Waals surface area contributed by atoms with Crippen LogP contribution in [0.1, 0.15) is 58.9 Å². The number of fused-ring (bicyclic) bond motifs is 2. The van der Waals surface area contributed by atoms with Gasteiger partial charge in [-0.25, -0.2) is 4.68 Å². The molecule has 0 saturated heterocycles. The lowest BCUT2D eigenvalue weighted by Crippen LogP contribution is -2.58. The number of carbonyl (C=O) groups is 1. The number of anilines is 1. The second-order valence-corrected chi connectivity index (χ2v) is 10.1. The fourth-order valence-electron chi connectivity index (χ4n) is 5.66. The summed E-state index contributed by atoms with van der Waals surface area (Å²) >= 11 is 3.47. The Morgan fingerprint density at radius 3 is 2.70 bits per heavy atom. The van der Waals surface area contributed by atoms with Crippen molar-refractivity contribution in [1.82, 2.24) is 9.78 Å². The Balaban J connectivity index is 1.50. The first-order valence-corrected chi connectivity index (χ1v) is 10.7. The smallest absolute Gasteiger partial charge is 0.303 e. The number of aromatic nitrogens is 2. The zero-order valence-electron chi connectivity index (χ0n) is 16.1. The lowest BCUT2D eigenvalue weighted by molar-refractivity contribution is -0.139. The number of carboxylic acids is 1. The van der Waals surface area contributed by atoms with Gasteiger partial charge >= 0.3 is 5.97 Å². The molecule has 4 saturated carbocycles. The minimum Gasteiger partial charge on any atom is -0.481 e. The van der Waals surface area contributed by atoms with Gasteiger partial charge in [-0.2, -0.15) is 5.10 Å². The normalized spacial score (nSPS) is 36.4. The molecule has 0 aromatic carbocycles. The predicted molar refractivity (Wildman–Crippen MR) is 107 cm³/mol. The van der Waals surface area contributed by atoms with Gasteiger partial charge in [0.05, 0.1) is 24.3 Å². The van der Waals surface area contributed by atoms with Crippen molar-refractivity contribution in [2.24, 2.45) is 29.1 Å². The maximum absolute atomic E-state index is 12.8. The molecule has 2 bridgehead atoms. The molecule has 6 atom stereocenters. The van der Waals surface area contributed by atoms with E-state index in [2.05, 4.69) is 47.1 Å². The summed E-state index contributed by atoms with van der Waals surface area (Å²) in [5, 5.41) is 17.0. The van der Waals surface area contributed by atoms with Crippen molar-refractivity contribution in [1.29, 1.82) is 0 Å². The van der Waals surface area contributed by atoms with Crippen molar-refractivity contribution in [2.45, 2.75) is 65.0 Å². The average Bonchev–Trinajstić information content (AvgIpc) is 2.59. The van der Waals surface area contributed by atoms with Gasteiger partial charge in [0.25, 0.3) is 5.56 Å². The Kier molecular flexibility index (Phi) is 4.64. The highest BCUT2D eigenvalue weighted by atomic mass is 79.9. The molecule has 1 heterocycles. The van der Waals surface area contributed by atoms with Gasteiger partial charge in [-0.3, -0.25) is 9.59 Å². The Morgan fingerprint density at radius 1 is 1.41 bits per heavy atom. The van der Waals surface area contributed by atoms with Gasteiger partial charge in [-0.05, 0) is 70.7 Å². The zero-order chi connectivity index (χ0) is 19.5. The average molecular weight is 438 g/mol. The van der Waals surface area contributed by atoms with E-state index >= 15 is 0 Å². The molecule has 6 nitrogen and oxygen atoms in total. The van der Waals surface area contributed by atoms with E-state index in [4.69, 9.17) is 5.11 Å². The molecule has 1 aromatic heterocycles. The fourth-order valence-corrected chi connectivity index (χ4v) is 6.06. The van der Waals surface area contributed by atoms with Gasteiger partial charge in [0.1, 0.15) is 4.47 Å². The summed E-state index contributed by atoms with van der Waals surface area (Å²) in [4.78, 5) is 23.8. The largest absolute Gasteiger partial charge is 0.481 e. The van der Waals surface area contributed by atoms with Crippen LogP contribution in [0.5, 0.6) is 0 Å². The number of aliphatic carboxylic acids is 1. The van der Waals surface area contributed by atoms with Gasteiger partial charge < -0.3 is 10.4 Å². The van der Waals surface area contributed by atoms with Crippen LogP contribution in [0, 0.1) is 29.1 Å². The first-order valence-electron chi connectivity index (χ1n) is 9.95. The van der Waals surface area contributed by atoms with Crippen molar-refractivity contribution in [3.63, 3.8) is 0 Å². The number of halogens is 1. The molecule has 148 valence electrons. The quantitative estimate of drug-likeness (QED) is 0.728. The molecule has 1 aromatic rings. The van der Waals surface area contributed by atoms with Gasteiger partial charge in [0.2, 0.25) is 0 Å². The first-order chi connectivity index (χ1) is 12.7. The SMILES string of the molecule is C[C@@H]1[C@H]2C[C@@H](C[C@H]1Nc1cnn(C3CCC3CC(=O)O)c(=O)c1Br)C2(C)C. The molecule has 0 aliphatic heterocycles. The molecule has 0 spiro atoms. The summed E-state index contributed by atoms with van der Waals surface area (Å²) in [5.74, 6) is 1.21. The third-order valence-electron chi connectivity index (χ3n) is 7.77. The predicted octanol–water partition coefficient (Wildman–Crippen LogP) is 3.91. The summed E-state index contributed by atoms with van der Waals surface area (Å²) < 4.78 is 1.97. The third kappa shape index (κ3) is 3.02. The van der Waals surface area contributed by atoms with Crippen LogP contribution >= 0.6 is 15.9 Å². The Hall–Kier alpha value is -1.37.